The van der Waals surface area contributed by atoms with Gasteiger partial charge in [0.1, 0.15) is 11.6 Å². The molecule has 0 unspecified atom stereocenters. The molecule has 0 N–H and O–H groups in total. The number of carbonyl (C=O) groups excluding carboxylic acids is 2. The van der Waals surface area contributed by atoms with Crippen molar-refractivity contribution in [1.29, 1.82) is 0 Å². The zero-order valence-electron chi connectivity index (χ0n) is 20.8. The topological polar surface area (TPSA) is 40.6 Å². The number of hydrogen-bond acceptors (Lipinski definition) is 2. The van der Waals surface area contributed by atoms with Gasteiger partial charge >= 0.3 is 0 Å². The second-order valence-corrected chi connectivity index (χ2v) is 9.08. The molecule has 188 valence electrons. The van der Waals surface area contributed by atoms with Crippen LogP contribution in [0.3, 0.4) is 0 Å². The third-order valence-corrected chi connectivity index (χ3v) is 6.13. The van der Waals surface area contributed by atoms with Crippen molar-refractivity contribution in [1.82, 2.24) is 4.90 Å². The number of likely N-dealkylation sites (N-methyl/N-ethyl adjacent to an activating group) is 1. The molecule has 37 heavy (non-hydrogen) atoms. The molecule has 4 nitrogen and oxygen atoms in total. The van der Waals surface area contributed by atoms with E-state index in [4.69, 9.17) is 0 Å². The highest BCUT2D eigenvalue weighted by Gasteiger charge is 2.22. The lowest BCUT2D eigenvalue weighted by Gasteiger charge is -2.24. The molecule has 0 bridgehead atoms. The van der Waals surface area contributed by atoms with Gasteiger partial charge in [0.15, 0.2) is 0 Å². The Morgan fingerprint density at radius 2 is 1.41 bits per heavy atom. The van der Waals surface area contributed by atoms with Crippen molar-refractivity contribution in [3.05, 3.63) is 137 Å². The third-order valence-electron chi connectivity index (χ3n) is 6.13. The second-order valence-electron chi connectivity index (χ2n) is 9.08. The molecule has 0 aliphatic heterocycles. The van der Waals surface area contributed by atoms with E-state index in [1.165, 1.54) is 4.90 Å². The van der Waals surface area contributed by atoms with E-state index in [0.717, 1.165) is 34.4 Å². The summed E-state index contributed by atoms with van der Waals surface area (Å²) in [7, 11) is 1.75. The van der Waals surface area contributed by atoms with Crippen LogP contribution in [-0.2, 0) is 24.3 Å². The predicted molar refractivity (Wildman–Crippen MR) is 141 cm³/mol. The fourth-order valence-corrected chi connectivity index (χ4v) is 4.05. The standard InChI is InChI=1S/C31H28F2N2O2/c1-22-11-13-24(14-12-22)21-35(31(37)28-16-15-26(32)19-29(28)33)27-10-6-9-25(17-27)18-30(36)34(2)20-23-7-4-3-5-8-23/h3-17,19H,18,20-21H2,1-2H3. The fourth-order valence-electron chi connectivity index (χ4n) is 4.05. The summed E-state index contributed by atoms with van der Waals surface area (Å²) in [5.41, 5.74) is 3.98. The lowest BCUT2D eigenvalue weighted by molar-refractivity contribution is -0.129. The Balaban J connectivity index is 1.60. The van der Waals surface area contributed by atoms with Gasteiger partial charge in [-0.25, -0.2) is 8.78 Å². The number of anilines is 1. The molecule has 0 saturated carbocycles. The van der Waals surface area contributed by atoms with Gasteiger partial charge in [-0.1, -0.05) is 72.3 Å². The smallest absolute Gasteiger partial charge is 0.261 e. The summed E-state index contributed by atoms with van der Waals surface area (Å²) in [5.74, 6) is -2.34. The van der Waals surface area contributed by atoms with Crippen molar-refractivity contribution in [2.75, 3.05) is 11.9 Å². The first kappa shape index (κ1) is 25.8. The quantitative estimate of drug-likeness (QED) is 0.285. The van der Waals surface area contributed by atoms with E-state index in [1.807, 2.05) is 67.6 Å². The summed E-state index contributed by atoms with van der Waals surface area (Å²) in [5, 5.41) is 0. The SMILES string of the molecule is Cc1ccc(CN(C(=O)c2ccc(F)cc2F)c2cccc(CC(=O)N(C)Cc3ccccc3)c2)cc1. The van der Waals surface area contributed by atoms with E-state index >= 15 is 0 Å². The van der Waals surface area contributed by atoms with E-state index in [2.05, 4.69) is 0 Å². The van der Waals surface area contributed by atoms with Crippen molar-refractivity contribution >= 4 is 17.5 Å². The Morgan fingerprint density at radius 3 is 2.11 bits per heavy atom. The molecule has 4 rings (SSSR count). The molecule has 4 aromatic rings. The van der Waals surface area contributed by atoms with Crippen molar-refractivity contribution in [2.24, 2.45) is 0 Å². The highest BCUT2D eigenvalue weighted by molar-refractivity contribution is 6.06. The normalized spacial score (nSPS) is 10.7. The summed E-state index contributed by atoms with van der Waals surface area (Å²) >= 11 is 0. The first-order valence-electron chi connectivity index (χ1n) is 12.0. The van der Waals surface area contributed by atoms with Crippen LogP contribution in [0.1, 0.15) is 32.6 Å². The van der Waals surface area contributed by atoms with Crippen LogP contribution in [0.5, 0.6) is 0 Å². The number of rotatable bonds is 8. The Morgan fingerprint density at radius 1 is 0.730 bits per heavy atom. The molecule has 4 aromatic carbocycles. The van der Waals surface area contributed by atoms with E-state index in [0.29, 0.717) is 18.3 Å². The van der Waals surface area contributed by atoms with E-state index in [-0.39, 0.29) is 24.4 Å². The maximum Gasteiger partial charge on any atom is 0.261 e. The van der Waals surface area contributed by atoms with Gasteiger partial charge < -0.3 is 9.80 Å². The average molecular weight is 499 g/mol. The number of benzene rings is 4. The fraction of sp³-hybridized carbons (Fsp3) is 0.161. The lowest BCUT2D eigenvalue weighted by Crippen LogP contribution is -2.31. The number of aryl methyl sites for hydroxylation is 1. The van der Waals surface area contributed by atoms with Crippen LogP contribution in [0.4, 0.5) is 14.5 Å². The minimum Gasteiger partial charge on any atom is -0.341 e. The molecule has 2 amide bonds. The molecular formula is C31H28F2N2O2. The first-order chi connectivity index (χ1) is 17.8. The van der Waals surface area contributed by atoms with Gasteiger partial charge in [-0.05, 0) is 47.9 Å². The van der Waals surface area contributed by atoms with Crippen LogP contribution in [0, 0.1) is 18.6 Å². The van der Waals surface area contributed by atoms with Crippen LogP contribution in [0.2, 0.25) is 0 Å². The minimum absolute atomic E-state index is 0.0676. The molecule has 6 heteroatoms. The molecule has 0 aliphatic carbocycles. The predicted octanol–water partition coefficient (Wildman–Crippen LogP) is 6.32. The summed E-state index contributed by atoms with van der Waals surface area (Å²) in [6, 6.07) is 27.4. The molecule has 0 spiro atoms. The number of carbonyl (C=O) groups is 2. The van der Waals surface area contributed by atoms with Crippen LogP contribution >= 0.6 is 0 Å². The van der Waals surface area contributed by atoms with E-state index < -0.39 is 17.5 Å². The summed E-state index contributed by atoms with van der Waals surface area (Å²) < 4.78 is 28.0. The van der Waals surface area contributed by atoms with Gasteiger partial charge in [0.05, 0.1) is 18.5 Å². The van der Waals surface area contributed by atoms with Gasteiger partial charge in [0.2, 0.25) is 5.91 Å². The molecule has 0 heterocycles. The summed E-state index contributed by atoms with van der Waals surface area (Å²) in [6.07, 6.45) is 0.147. The molecular weight excluding hydrogens is 470 g/mol. The van der Waals surface area contributed by atoms with Crippen LogP contribution < -0.4 is 4.90 Å². The van der Waals surface area contributed by atoms with Gasteiger partial charge in [-0.2, -0.15) is 0 Å². The Kier molecular flexibility index (Phi) is 8.08. The van der Waals surface area contributed by atoms with Crippen LogP contribution in [-0.4, -0.2) is 23.8 Å². The molecule has 0 atom stereocenters. The van der Waals surface area contributed by atoms with Crippen LogP contribution in [0.15, 0.2) is 97.1 Å². The van der Waals surface area contributed by atoms with Gasteiger partial charge in [-0.15, -0.1) is 0 Å². The largest absolute Gasteiger partial charge is 0.341 e. The summed E-state index contributed by atoms with van der Waals surface area (Å²) in [4.78, 5) is 29.5. The average Bonchev–Trinajstić information content (AvgIpc) is 2.88. The number of nitrogens with zero attached hydrogens (tertiary/aromatic N) is 2. The monoisotopic (exact) mass is 498 g/mol. The van der Waals surface area contributed by atoms with Crippen molar-refractivity contribution < 1.29 is 18.4 Å². The highest BCUT2D eigenvalue weighted by Crippen LogP contribution is 2.24. The van der Waals surface area contributed by atoms with Gasteiger partial charge in [0, 0.05) is 25.3 Å². The Hall–Kier alpha value is -4.32. The highest BCUT2D eigenvalue weighted by atomic mass is 19.1. The van der Waals surface area contributed by atoms with E-state index in [1.54, 1.807) is 30.1 Å². The molecule has 0 radical (unpaired) electrons. The van der Waals surface area contributed by atoms with Gasteiger partial charge in [-0.3, -0.25) is 9.59 Å². The van der Waals surface area contributed by atoms with Gasteiger partial charge in [0.25, 0.3) is 5.91 Å². The Bertz CT molecular complexity index is 1390. The lowest BCUT2D eigenvalue weighted by atomic mass is 10.1. The molecule has 0 aromatic heterocycles. The Labute approximate surface area is 215 Å². The van der Waals surface area contributed by atoms with Crippen molar-refractivity contribution in [3.8, 4) is 0 Å². The minimum atomic E-state index is -0.923. The van der Waals surface area contributed by atoms with Crippen LogP contribution in [0.25, 0.3) is 0 Å². The molecule has 0 aliphatic rings. The molecule has 0 saturated heterocycles. The van der Waals surface area contributed by atoms with Crippen molar-refractivity contribution in [2.45, 2.75) is 26.4 Å². The number of amides is 2. The molecule has 0 fully saturated rings. The number of halogens is 2. The maximum absolute atomic E-state index is 14.6. The van der Waals surface area contributed by atoms with Crippen molar-refractivity contribution in [3.63, 3.8) is 0 Å². The zero-order valence-corrected chi connectivity index (χ0v) is 20.8. The first-order valence-corrected chi connectivity index (χ1v) is 12.0. The maximum atomic E-state index is 14.6. The second kappa shape index (κ2) is 11.6. The van der Waals surface area contributed by atoms with E-state index in [9.17, 15) is 18.4 Å². The number of hydrogen-bond donors (Lipinski definition) is 0. The third kappa shape index (κ3) is 6.67. The summed E-state index contributed by atoms with van der Waals surface area (Å²) in [6.45, 7) is 2.64. The zero-order chi connectivity index (χ0) is 26.4.